The van der Waals surface area contributed by atoms with Crippen LogP contribution in [-0.2, 0) is 11.0 Å². The number of nitrogens with one attached hydrogen (secondary N) is 1. The van der Waals surface area contributed by atoms with Crippen molar-refractivity contribution in [1.82, 2.24) is 4.72 Å². The van der Waals surface area contributed by atoms with Gasteiger partial charge in [0.2, 0.25) is 0 Å². The Kier molecular flexibility index (Phi) is 6.17. The van der Waals surface area contributed by atoms with Gasteiger partial charge in [0, 0.05) is 5.02 Å². The molecule has 0 spiro atoms. The van der Waals surface area contributed by atoms with E-state index in [4.69, 9.17) is 11.6 Å². The maximum atomic E-state index is 12.5. The van der Waals surface area contributed by atoms with Crippen molar-refractivity contribution in [1.29, 1.82) is 0 Å². The summed E-state index contributed by atoms with van der Waals surface area (Å²) in [5.74, 6) is 0. The minimum Gasteiger partial charge on any atom is -0.242 e. The highest BCUT2D eigenvalue weighted by Crippen LogP contribution is 2.21. The summed E-state index contributed by atoms with van der Waals surface area (Å²) in [7, 11) is -1.17. The van der Waals surface area contributed by atoms with Crippen molar-refractivity contribution < 1.29 is 4.21 Å². The molecule has 4 heteroatoms. The summed E-state index contributed by atoms with van der Waals surface area (Å²) in [6.45, 7) is 5.86. The topological polar surface area (TPSA) is 29.1 Å². The first kappa shape index (κ1) is 17.9. The van der Waals surface area contributed by atoms with Crippen molar-refractivity contribution in [2.24, 2.45) is 0 Å². The lowest BCUT2D eigenvalue weighted by Crippen LogP contribution is -2.35. The van der Waals surface area contributed by atoms with E-state index in [2.05, 4.69) is 4.72 Å². The number of hydrogen-bond donors (Lipinski definition) is 1. The third-order valence-corrected chi connectivity index (χ3v) is 5.13. The van der Waals surface area contributed by atoms with Gasteiger partial charge >= 0.3 is 0 Å². The van der Waals surface area contributed by atoms with E-state index in [-0.39, 0.29) is 10.8 Å². The largest absolute Gasteiger partial charge is 0.242 e. The van der Waals surface area contributed by atoms with E-state index in [0.717, 1.165) is 11.1 Å². The van der Waals surface area contributed by atoms with Crippen LogP contribution in [0.25, 0.3) is 6.08 Å². The molecule has 0 heterocycles. The summed E-state index contributed by atoms with van der Waals surface area (Å²) in [5.41, 5.74) is 2.13. The number of rotatable bonds is 5. The molecule has 2 aromatic carbocycles. The Balaban J connectivity index is 2.26. The number of halogens is 1. The molecule has 0 aliphatic heterocycles. The molecule has 2 nitrogen and oxygen atoms in total. The van der Waals surface area contributed by atoms with Gasteiger partial charge in [-0.3, -0.25) is 0 Å². The molecule has 0 saturated heterocycles. The summed E-state index contributed by atoms with van der Waals surface area (Å²) in [6.07, 6.45) is 4.06. The first-order valence-electron chi connectivity index (χ1n) is 7.53. The molecule has 23 heavy (non-hydrogen) atoms. The van der Waals surface area contributed by atoms with E-state index < -0.39 is 11.0 Å². The molecule has 0 bridgehead atoms. The highest BCUT2D eigenvalue weighted by molar-refractivity contribution is 7.84. The molecule has 1 unspecified atom stereocenters. The molecular formula is C19H22ClNOS. The van der Waals surface area contributed by atoms with Crippen LogP contribution in [0.1, 0.15) is 37.9 Å². The smallest absolute Gasteiger partial charge is 0.0978 e. The van der Waals surface area contributed by atoms with Gasteiger partial charge in [-0.25, -0.2) is 8.93 Å². The fraction of sp³-hybridized carbons (Fsp3) is 0.263. The van der Waals surface area contributed by atoms with E-state index in [0.29, 0.717) is 5.02 Å². The van der Waals surface area contributed by atoms with Gasteiger partial charge in [-0.1, -0.05) is 66.2 Å². The Morgan fingerprint density at radius 3 is 2.22 bits per heavy atom. The third-order valence-electron chi connectivity index (χ3n) is 3.30. The number of hydrogen-bond acceptors (Lipinski definition) is 1. The van der Waals surface area contributed by atoms with E-state index >= 15 is 0 Å². The summed E-state index contributed by atoms with van der Waals surface area (Å²) in [5, 5.41) is 0.691. The van der Waals surface area contributed by atoms with E-state index in [1.807, 2.05) is 87.5 Å². The van der Waals surface area contributed by atoms with Gasteiger partial charge in [-0.15, -0.1) is 0 Å². The molecule has 1 N–H and O–H groups in total. The van der Waals surface area contributed by atoms with Gasteiger partial charge in [0.1, 0.15) is 0 Å². The lowest BCUT2D eigenvalue weighted by molar-refractivity contribution is 0.627. The van der Waals surface area contributed by atoms with Crippen LogP contribution >= 0.6 is 11.6 Å². The van der Waals surface area contributed by atoms with Crippen molar-refractivity contribution in [3.63, 3.8) is 0 Å². The Morgan fingerprint density at radius 1 is 1.04 bits per heavy atom. The maximum Gasteiger partial charge on any atom is 0.0978 e. The monoisotopic (exact) mass is 347 g/mol. The Morgan fingerprint density at radius 2 is 1.65 bits per heavy atom. The van der Waals surface area contributed by atoms with E-state index in [1.54, 1.807) is 0 Å². The molecule has 2 aromatic rings. The van der Waals surface area contributed by atoms with Crippen LogP contribution in [0.15, 0.2) is 60.7 Å². The molecule has 0 fully saturated rings. The maximum absolute atomic E-state index is 12.5. The Bertz CT molecular complexity index is 675. The Hall–Kier alpha value is -1.42. The van der Waals surface area contributed by atoms with Crippen LogP contribution in [0.5, 0.6) is 0 Å². The highest BCUT2D eigenvalue weighted by atomic mass is 35.5. The molecule has 0 aliphatic rings. The lowest BCUT2D eigenvalue weighted by atomic mass is 10.1. The first-order chi connectivity index (χ1) is 10.9. The lowest BCUT2D eigenvalue weighted by Gasteiger charge is -2.23. The fourth-order valence-electron chi connectivity index (χ4n) is 1.95. The Labute approximate surface area is 146 Å². The molecule has 2 rings (SSSR count). The van der Waals surface area contributed by atoms with Crippen molar-refractivity contribution in [3.8, 4) is 0 Å². The second-order valence-electron chi connectivity index (χ2n) is 6.30. The van der Waals surface area contributed by atoms with Gasteiger partial charge in [0.05, 0.1) is 21.8 Å². The summed E-state index contributed by atoms with van der Waals surface area (Å²) < 4.78 is 15.3. The van der Waals surface area contributed by atoms with Crippen molar-refractivity contribution in [3.05, 3.63) is 76.8 Å². The molecule has 0 radical (unpaired) electrons. The third kappa shape index (κ3) is 5.61. The van der Waals surface area contributed by atoms with Gasteiger partial charge in [0.15, 0.2) is 0 Å². The second-order valence-corrected chi connectivity index (χ2v) is 8.73. The standard InChI is InChI=1S/C19H22ClNOS/c1-19(2,3)23(22)21-18(16-10-12-17(20)13-11-16)14-9-15-7-5-4-6-8-15/h4-14,18,21H,1-3H3/b14-9+/t18-,23?/m1/s1. The van der Waals surface area contributed by atoms with Crippen LogP contribution in [0.2, 0.25) is 5.02 Å². The van der Waals surface area contributed by atoms with Gasteiger partial charge in [0.25, 0.3) is 0 Å². The predicted octanol–water partition coefficient (Wildman–Crippen LogP) is 5.15. The summed E-state index contributed by atoms with van der Waals surface area (Å²) >= 11 is 5.97. The van der Waals surface area contributed by atoms with Crippen molar-refractivity contribution in [2.45, 2.75) is 31.6 Å². The van der Waals surface area contributed by atoms with Gasteiger partial charge in [-0.05, 0) is 44.0 Å². The zero-order valence-electron chi connectivity index (χ0n) is 13.6. The number of benzene rings is 2. The quantitative estimate of drug-likeness (QED) is 0.796. The molecule has 0 amide bonds. The normalized spacial score (nSPS) is 14.8. The first-order valence-corrected chi connectivity index (χ1v) is 9.06. The summed E-state index contributed by atoms with van der Waals surface area (Å²) in [6, 6.07) is 17.5. The molecule has 0 aliphatic carbocycles. The predicted molar refractivity (Wildman–Crippen MR) is 101 cm³/mol. The van der Waals surface area contributed by atoms with Crippen LogP contribution in [0.4, 0.5) is 0 Å². The highest BCUT2D eigenvalue weighted by Gasteiger charge is 2.22. The minimum atomic E-state index is -1.17. The fourth-order valence-corrected chi connectivity index (χ4v) is 2.88. The molecule has 2 atom stereocenters. The average Bonchev–Trinajstić information content (AvgIpc) is 2.52. The molecule has 0 aromatic heterocycles. The van der Waals surface area contributed by atoms with Crippen molar-refractivity contribution >= 4 is 28.7 Å². The average molecular weight is 348 g/mol. The zero-order chi connectivity index (χ0) is 16.9. The van der Waals surface area contributed by atoms with Crippen LogP contribution in [0.3, 0.4) is 0 Å². The van der Waals surface area contributed by atoms with Gasteiger partial charge in [-0.2, -0.15) is 0 Å². The van der Waals surface area contributed by atoms with Gasteiger partial charge < -0.3 is 0 Å². The van der Waals surface area contributed by atoms with E-state index in [1.165, 1.54) is 0 Å². The van der Waals surface area contributed by atoms with Crippen LogP contribution < -0.4 is 4.72 Å². The minimum absolute atomic E-state index is 0.146. The van der Waals surface area contributed by atoms with Crippen LogP contribution in [-0.4, -0.2) is 8.96 Å². The molecule has 0 saturated carbocycles. The SMILES string of the molecule is CC(C)(C)S(=O)N[C@H](/C=C/c1ccccc1)c1ccc(Cl)cc1. The van der Waals surface area contributed by atoms with Crippen molar-refractivity contribution in [2.75, 3.05) is 0 Å². The van der Waals surface area contributed by atoms with E-state index in [9.17, 15) is 4.21 Å². The second kappa shape index (κ2) is 7.91. The van der Waals surface area contributed by atoms with Crippen LogP contribution in [0, 0.1) is 0 Å². The zero-order valence-corrected chi connectivity index (χ0v) is 15.2. The molecular weight excluding hydrogens is 326 g/mol. The summed E-state index contributed by atoms with van der Waals surface area (Å²) in [4.78, 5) is 0. The molecule has 122 valence electrons.